The van der Waals surface area contributed by atoms with Crippen molar-refractivity contribution in [3.8, 4) is 5.75 Å². The van der Waals surface area contributed by atoms with Gasteiger partial charge in [-0.3, -0.25) is 4.79 Å². The van der Waals surface area contributed by atoms with Crippen molar-refractivity contribution in [1.82, 2.24) is 9.47 Å². The Balaban J connectivity index is 2.04. The van der Waals surface area contributed by atoms with E-state index in [4.69, 9.17) is 9.47 Å². The molecule has 1 saturated heterocycles. The number of ether oxygens (including phenoxy) is 2. The van der Waals surface area contributed by atoms with Crippen LogP contribution in [0, 0.1) is 0 Å². The first-order valence-corrected chi connectivity index (χ1v) is 9.47. The van der Waals surface area contributed by atoms with E-state index in [1.165, 1.54) is 0 Å². The van der Waals surface area contributed by atoms with Crippen LogP contribution in [0.15, 0.2) is 49.1 Å². The van der Waals surface area contributed by atoms with Gasteiger partial charge in [-0.05, 0) is 39.0 Å². The second-order valence-corrected chi connectivity index (χ2v) is 6.97. The minimum atomic E-state index is 0.0346. The number of benzene rings is 1. The number of allylic oxidation sites excluding steroid dienone is 2. The van der Waals surface area contributed by atoms with Gasteiger partial charge in [-0.15, -0.1) is 0 Å². The number of morpholine rings is 1. The van der Waals surface area contributed by atoms with Crippen molar-refractivity contribution >= 4 is 16.8 Å². The highest BCUT2D eigenvalue weighted by atomic mass is 16.5. The molecule has 2 unspecified atom stereocenters. The lowest BCUT2D eigenvalue weighted by molar-refractivity contribution is -0.0588. The second kappa shape index (κ2) is 8.44. The quantitative estimate of drug-likeness (QED) is 0.723. The summed E-state index contributed by atoms with van der Waals surface area (Å²) in [5.41, 5.74) is 1.67. The molecular weight excluding hydrogens is 340 g/mol. The fourth-order valence-electron chi connectivity index (χ4n) is 3.62. The summed E-state index contributed by atoms with van der Waals surface area (Å²) in [4.78, 5) is 15.2. The van der Waals surface area contributed by atoms with E-state index < -0.39 is 0 Å². The van der Waals surface area contributed by atoms with E-state index in [0.717, 1.165) is 16.7 Å². The molecule has 2 heterocycles. The van der Waals surface area contributed by atoms with E-state index in [9.17, 15) is 4.79 Å². The topological polar surface area (TPSA) is 43.7 Å². The van der Waals surface area contributed by atoms with Crippen LogP contribution in [-0.2, 0) is 11.3 Å². The van der Waals surface area contributed by atoms with Crippen LogP contribution < -0.4 is 4.74 Å². The van der Waals surface area contributed by atoms with Gasteiger partial charge in [0.15, 0.2) is 0 Å². The lowest BCUT2D eigenvalue weighted by Gasteiger charge is -2.35. The van der Waals surface area contributed by atoms with E-state index in [0.29, 0.717) is 31.9 Å². The molecule has 1 aliphatic heterocycles. The zero-order valence-corrected chi connectivity index (χ0v) is 16.4. The van der Waals surface area contributed by atoms with Crippen LogP contribution in [0.3, 0.4) is 0 Å². The van der Waals surface area contributed by atoms with E-state index >= 15 is 0 Å². The van der Waals surface area contributed by atoms with Crippen molar-refractivity contribution in [2.45, 2.75) is 39.5 Å². The highest BCUT2D eigenvalue weighted by molar-refractivity contribution is 6.00. The summed E-state index contributed by atoms with van der Waals surface area (Å²) in [6.45, 7) is 12.0. The number of carbonyl (C=O) groups is 1. The largest absolute Gasteiger partial charge is 0.489 e. The molecule has 3 rings (SSSR count). The Bertz CT molecular complexity index is 843. The lowest BCUT2D eigenvalue weighted by Crippen LogP contribution is -2.48. The predicted octanol–water partition coefficient (Wildman–Crippen LogP) is 4.03. The second-order valence-electron chi connectivity index (χ2n) is 6.97. The summed E-state index contributed by atoms with van der Waals surface area (Å²) in [6, 6.07) is 7.87. The van der Waals surface area contributed by atoms with Crippen LogP contribution >= 0.6 is 0 Å². The van der Waals surface area contributed by atoms with Crippen molar-refractivity contribution in [2.75, 3.05) is 19.7 Å². The van der Waals surface area contributed by atoms with Crippen molar-refractivity contribution in [1.29, 1.82) is 0 Å². The Kier molecular flexibility index (Phi) is 6.01. The molecule has 1 aromatic carbocycles. The van der Waals surface area contributed by atoms with E-state index in [1.807, 2.05) is 56.0 Å². The molecule has 2 atom stereocenters. The highest BCUT2D eigenvalue weighted by Crippen LogP contribution is 2.30. The molecule has 5 heteroatoms. The predicted molar refractivity (Wildman–Crippen MR) is 108 cm³/mol. The van der Waals surface area contributed by atoms with Crippen molar-refractivity contribution in [3.05, 3.63) is 54.8 Å². The molecule has 5 nitrogen and oxygen atoms in total. The summed E-state index contributed by atoms with van der Waals surface area (Å²) in [5.74, 6) is 0.803. The molecule has 0 N–H and O–H groups in total. The van der Waals surface area contributed by atoms with E-state index in [1.54, 1.807) is 6.08 Å². The molecule has 1 aliphatic rings. The molecule has 0 aliphatic carbocycles. The Hall–Kier alpha value is -2.53. The smallest absolute Gasteiger partial charge is 0.270 e. The van der Waals surface area contributed by atoms with Crippen molar-refractivity contribution in [2.24, 2.45) is 0 Å². The van der Waals surface area contributed by atoms with Gasteiger partial charge >= 0.3 is 0 Å². The Morgan fingerprint density at radius 1 is 1.33 bits per heavy atom. The average molecular weight is 368 g/mol. The SMILES string of the molecule is C=CCOc1cccc2c1cc(C(=O)N1CC(C)OC(C)C1)n2C/C=C\C. The van der Waals surface area contributed by atoms with Crippen LogP contribution in [0.1, 0.15) is 31.3 Å². The molecule has 0 saturated carbocycles. The fourth-order valence-corrected chi connectivity index (χ4v) is 3.62. The molecule has 2 aromatic rings. The summed E-state index contributed by atoms with van der Waals surface area (Å²) in [5, 5.41) is 0.946. The number of hydrogen-bond acceptors (Lipinski definition) is 3. The molecule has 144 valence electrons. The lowest BCUT2D eigenvalue weighted by atomic mass is 10.2. The molecule has 1 fully saturated rings. The molecule has 0 bridgehead atoms. The number of fused-ring (bicyclic) bond motifs is 1. The van der Waals surface area contributed by atoms with Gasteiger partial charge in [0.1, 0.15) is 18.1 Å². The Labute approximate surface area is 160 Å². The zero-order chi connectivity index (χ0) is 19.4. The first-order valence-electron chi connectivity index (χ1n) is 9.47. The van der Waals surface area contributed by atoms with Crippen LogP contribution in [0.4, 0.5) is 0 Å². The summed E-state index contributed by atoms with van der Waals surface area (Å²) < 4.78 is 13.6. The van der Waals surface area contributed by atoms with Gasteiger partial charge in [0.2, 0.25) is 0 Å². The number of amides is 1. The maximum absolute atomic E-state index is 13.3. The van der Waals surface area contributed by atoms with Gasteiger partial charge in [0.25, 0.3) is 5.91 Å². The summed E-state index contributed by atoms with van der Waals surface area (Å²) in [7, 11) is 0. The van der Waals surface area contributed by atoms with Gasteiger partial charge in [-0.1, -0.05) is 30.9 Å². The van der Waals surface area contributed by atoms with Gasteiger partial charge in [-0.2, -0.15) is 0 Å². The number of nitrogens with zero attached hydrogens (tertiary/aromatic N) is 2. The number of hydrogen-bond donors (Lipinski definition) is 0. The number of carbonyl (C=O) groups excluding carboxylic acids is 1. The third kappa shape index (κ3) is 4.08. The molecular formula is C22H28N2O3. The van der Waals surface area contributed by atoms with Crippen LogP contribution in [-0.4, -0.2) is 47.3 Å². The van der Waals surface area contributed by atoms with Crippen molar-refractivity contribution in [3.63, 3.8) is 0 Å². The van der Waals surface area contributed by atoms with Crippen LogP contribution in [0.5, 0.6) is 5.75 Å². The minimum absolute atomic E-state index is 0.0346. The standard InChI is InChI=1S/C22H28N2O3/c1-5-7-11-24-19-9-8-10-21(26-12-6-2)18(19)13-20(24)22(25)23-14-16(3)27-17(4)15-23/h5-10,13,16-17H,2,11-12,14-15H2,1,3-4H3/b7-5-. The summed E-state index contributed by atoms with van der Waals surface area (Å²) >= 11 is 0. The first kappa shape index (κ1) is 19.2. The van der Waals surface area contributed by atoms with E-state index in [-0.39, 0.29) is 18.1 Å². The Morgan fingerprint density at radius 3 is 2.74 bits per heavy atom. The van der Waals surface area contributed by atoms with Crippen LogP contribution in [0.2, 0.25) is 0 Å². The number of aromatic nitrogens is 1. The molecule has 1 aromatic heterocycles. The Morgan fingerprint density at radius 2 is 2.07 bits per heavy atom. The minimum Gasteiger partial charge on any atom is -0.489 e. The number of rotatable bonds is 6. The average Bonchev–Trinajstić information content (AvgIpc) is 3.02. The molecule has 0 radical (unpaired) electrons. The van der Waals surface area contributed by atoms with Crippen molar-refractivity contribution < 1.29 is 14.3 Å². The van der Waals surface area contributed by atoms with Gasteiger partial charge in [0, 0.05) is 25.0 Å². The third-order valence-electron chi connectivity index (χ3n) is 4.71. The van der Waals surface area contributed by atoms with E-state index in [2.05, 4.69) is 17.2 Å². The van der Waals surface area contributed by atoms with Crippen LogP contribution in [0.25, 0.3) is 10.9 Å². The normalized spacial score (nSPS) is 20.3. The first-order chi connectivity index (χ1) is 13.0. The molecule has 0 spiro atoms. The maximum atomic E-state index is 13.3. The van der Waals surface area contributed by atoms with Gasteiger partial charge < -0.3 is 18.9 Å². The van der Waals surface area contributed by atoms with Gasteiger partial charge in [0.05, 0.1) is 17.7 Å². The maximum Gasteiger partial charge on any atom is 0.270 e. The molecule has 27 heavy (non-hydrogen) atoms. The van der Waals surface area contributed by atoms with Gasteiger partial charge in [-0.25, -0.2) is 0 Å². The fraction of sp³-hybridized carbons (Fsp3) is 0.409. The highest BCUT2D eigenvalue weighted by Gasteiger charge is 2.29. The third-order valence-corrected chi connectivity index (χ3v) is 4.71. The molecule has 1 amide bonds. The monoisotopic (exact) mass is 368 g/mol. The summed E-state index contributed by atoms with van der Waals surface area (Å²) in [6.07, 6.45) is 5.85. The zero-order valence-electron chi connectivity index (χ0n) is 16.4.